The molecule has 20 heavy (non-hydrogen) atoms. The third kappa shape index (κ3) is 2.45. The smallest absolute Gasteiger partial charge is 0.322 e. The Bertz CT molecular complexity index is 638. The third-order valence-electron chi connectivity index (χ3n) is 3.37. The van der Waals surface area contributed by atoms with Gasteiger partial charge in [-0.2, -0.15) is 21.2 Å². The van der Waals surface area contributed by atoms with Crippen LogP contribution >= 0.6 is 11.8 Å². The number of sulfonamides is 1. The molecule has 1 aromatic heterocycles. The molecule has 0 saturated carbocycles. The van der Waals surface area contributed by atoms with Crippen LogP contribution in [0.1, 0.15) is 11.4 Å². The average Bonchev–Trinajstić information content (AvgIpc) is 2.63. The van der Waals surface area contributed by atoms with Gasteiger partial charge in [-0.25, -0.2) is 8.42 Å². The highest BCUT2D eigenvalue weighted by molar-refractivity contribution is 7.99. The van der Waals surface area contributed by atoms with E-state index in [4.69, 9.17) is 0 Å². The number of aliphatic carboxylic acids is 1. The van der Waals surface area contributed by atoms with Gasteiger partial charge in [0.05, 0.1) is 11.4 Å². The molecule has 1 aliphatic rings. The lowest BCUT2D eigenvalue weighted by Gasteiger charge is -2.31. The molecule has 1 unspecified atom stereocenters. The van der Waals surface area contributed by atoms with Crippen LogP contribution in [0.5, 0.6) is 0 Å². The van der Waals surface area contributed by atoms with Gasteiger partial charge in [0.1, 0.15) is 10.9 Å². The van der Waals surface area contributed by atoms with E-state index in [0.717, 1.165) is 4.31 Å². The number of carboxylic acid groups (broad SMARTS) is 1. The van der Waals surface area contributed by atoms with Gasteiger partial charge in [0.2, 0.25) is 10.0 Å². The molecule has 9 heteroatoms. The Morgan fingerprint density at radius 2 is 2.10 bits per heavy atom. The molecular formula is C11H17N3O4S2. The number of nitrogens with zero attached hydrogens (tertiary/aromatic N) is 3. The van der Waals surface area contributed by atoms with Crippen LogP contribution < -0.4 is 0 Å². The zero-order chi connectivity index (χ0) is 15.1. The molecule has 0 radical (unpaired) electrons. The number of aromatic nitrogens is 2. The normalized spacial score (nSPS) is 21.1. The van der Waals surface area contributed by atoms with E-state index < -0.39 is 22.0 Å². The molecule has 1 aromatic rings. The number of hydrogen-bond donors (Lipinski definition) is 1. The minimum absolute atomic E-state index is 0.123. The Morgan fingerprint density at radius 1 is 1.45 bits per heavy atom. The lowest BCUT2D eigenvalue weighted by molar-refractivity contribution is -0.140. The molecule has 7 nitrogen and oxygen atoms in total. The van der Waals surface area contributed by atoms with Crippen molar-refractivity contribution in [3.05, 3.63) is 11.4 Å². The summed E-state index contributed by atoms with van der Waals surface area (Å²) in [5.41, 5.74) is 0.914. The van der Waals surface area contributed by atoms with Gasteiger partial charge in [-0.3, -0.25) is 9.48 Å². The van der Waals surface area contributed by atoms with E-state index in [2.05, 4.69) is 5.10 Å². The van der Waals surface area contributed by atoms with Gasteiger partial charge in [0, 0.05) is 25.1 Å². The van der Waals surface area contributed by atoms with E-state index in [0.29, 0.717) is 17.1 Å². The summed E-state index contributed by atoms with van der Waals surface area (Å²) >= 11 is 1.45. The Labute approximate surface area is 122 Å². The zero-order valence-corrected chi connectivity index (χ0v) is 13.2. The molecule has 0 aliphatic carbocycles. The molecule has 0 spiro atoms. The van der Waals surface area contributed by atoms with E-state index in [9.17, 15) is 18.3 Å². The molecule has 112 valence electrons. The first-order valence-corrected chi connectivity index (χ1v) is 8.69. The summed E-state index contributed by atoms with van der Waals surface area (Å²) in [5.74, 6) is -0.242. The predicted molar refractivity (Wildman–Crippen MR) is 75.3 cm³/mol. The zero-order valence-electron chi connectivity index (χ0n) is 11.5. The molecule has 2 heterocycles. The summed E-state index contributed by atoms with van der Waals surface area (Å²) in [6, 6.07) is -1.02. The SMILES string of the molecule is Cc1nn(C)c(C)c1S(=O)(=O)N1CCSCC1C(=O)O. The summed E-state index contributed by atoms with van der Waals surface area (Å²) in [6.45, 7) is 3.49. The summed E-state index contributed by atoms with van der Waals surface area (Å²) < 4.78 is 28.1. The first kappa shape index (κ1) is 15.3. The van der Waals surface area contributed by atoms with Gasteiger partial charge >= 0.3 is 5.97 Å². The summed E-state index contributed by atoms with van der Waals surface area (Å²) in [6.07, 6.45) is 0. The van der Waals surface area contributed by atoms with Crippen molar-refractivity contribution in [1.29, 1.82) is 0 Å². The lowest BCUT2D eigenvalue weighted by atomic mass is 10.3. The number of rotatable bonds is 3. The van der Waals surface area contributed by atoms with Gasteiger partial charge in [0.15, 0.2) is 0 Å². The Hall–Kier alpha value is -1.06. The van der Waals surface area contributed by atoms with Crippen LogP contribution in [0.2, 0.25) is 0 Å². The summed E-state index contributed by atoms with van der Waals surface area (Å²) in [5, 5.41) is 13.3. The Morgan fingerprint density at radius 3 is 2.60 bits per heavy atom. The number of hydrogen-bond acceptors (Lipinski definition) is 5. The highest BCUT2D eigenvalue weighted by Gasteiger charge is 2.40. The first-order chi connectivity index (χ1) is 9.26. The van der Waals surface area contributed by atoms with Crippen molar-refractivity contribution in [3.8, 4) is 0 Å². The van der Waals surface area contributed by atoms with Gasteiger partial charge in [0.25, 0.3) is 0 Å². The van der Waals surface area contributed by atoms with Gasteiger partial charge < -0.3 is 5.11 Å². The van der Waals surface area contributed by atoms with Gasteiger partial charge in [-0.1, -0.05) is 0 Å². The molecule has 1 atom stereocenters. The second-order valence-corrected chi connectivity index (χ2v) is 7.65. The molecule has 0 amide bonds. The maximum absolute atomic E-state index is 12.8. The topological polar surface area (TPSA) is 92.5 Å². The maximum atomic E-state index is 12.8. The van der Waals surface area contributed by atoms with E-state index in [1.807, 2.05) is 0 Å². The minimum Gasteiger partial charge on any atom is -0.480 e. The number of carboxylic acids is 1. The lowest BCUT2D eigenvalue weighted by Crippen LogP contribution is -2.50. The molecule has 1 fully saturated rings. The van der Waals surface area contributed by atoms with Crippen LogP contribution in [0.25, 0.3) is 0 Å². The standard InChI is InChI=1S/C11H17N3O4S2/c1-7-10(8(2)13(3)12-7)20(17,18)14-4-5-19-6-9(14)11(15)16/h9H,4-6H2,1-3H3,(H,15,16). The largest absolute Gasteiger partial charge is 0.480 e. The monoisotopic (exact) mass is 319 g/mol. The highest BCUT2D eigenvalue weighted by Crippen LogP contribution is 2.28. The fourth-order valence-corrected chi connectivity index (χ4v) is 5.55. The van der Waals surface area contributed by atoms with Crippen LogP contribution in [0.4, 0.5) is 0 Å². The van der Waals surface area contributed by atoms with Crippen molar-refractivity contribution in [3.63, 3.8) is 0 Å². The van der Waals surface area contributed by atoms with Crippen molar-refractivity contribution < 1.29 is 18.3 Å². The molecule has 1 saturated heterocycles. The minimum atomic E-state index is -3.84. The Kier molecular flexibility index (Phi) is 4.12. The van der Waals surface area contributed by atoms with Crippen LogP contribution in [0, 0.1) is 13.8 Å². The van der Waals surface area contributed by atoms with E-state index in [1.165, 1.54) is 16.4 Å². The van der Waals surface area contributed by atoms with Crippen LogP contribution in [-0.4, -0.2) is 57.7 Å². The molecule has 2 rings (SSSR count). The summed E-state index contributed by atoms with van der Waals surface area (Å²) in [4.78, 5) is 11.4. The maximum Gasteiger partial charge on any atom is 0.322 e. The summed E-state index contributed by atoms with van der Waals surface area (Å²) in [7, 11) is -2.17. The van der Waals surface area contributed by atoms with Crippen molar-refractivity contribution in [2.75, 3.05) is 18.1 Å². The fraction of sp³-hybridized carbons (Fsp3) is 0.636. The van der Waals surface area contributed by atoms with E-state index in [1.54, 1.807) is 20.9 Å². The van der Waals surface area contributed by atoms with Gasteiger partial charge in [-0.15, -0.1) is 0 Å². The number of thioether (sulfide) groups is 1. The van der Waals surface area contributed by atoms with E-state index >= 15 is 0 Å². The second kappa shape index (κ2) is 5.38. The van der Waals surface area contributed by atoms with Crippen LogP contribution in [-0.2, 0) is 21.9 Å². The predicted octanol–water partition coefficient (Wildman–Crippen LogP) is 0.228. The quantitative estimate of drug-likeness (QED) is 0.857. The third-order valence-corrected chi connectivity index (χ3v) is 6.56. The molecule has 1 N–H and O–H groups in total. The van der Waals surface area contributed by atoms with Crippen molar-refractivity contribution >= 4 is 27.8 Å². The number of carbonyl (C=O) groups is 1. The van der Waals surface area contributed by atoms with Crippen molar-refractivity contribution in [2.45, 2.75) is 24.8 Å². The van der Waals surface area contributed by atoms with Crippen molar-refractivity contribution in [1.82, 2.24) is 14.1 Å². The van der Waals surface area contributed by atoms with Crippen molar-refractivity contribution in [2.24, 2.45) is 7.05 Å². The van der Waals surface area contributed by atoms with E-state index in [-0.39, 0.29) is 17.2 Å². The second-order valence-electron chi connectivity index (χ2n) is 4.67. The molecule has 1 aliphatic heterocycles. The van der Waals surface area contributed by atoms with Crippen LogP contribution in [0.3, 0.4) is 0 Å². The fourth-order valence-electron chi connectivity index (χ4n) is 2.32. The van der Waals surface area contributed by atoms with Gasteiger partial charge in [-0.05, 0) is 13.8 Å². The molecule has 0 bridgehead atoms. The Balaban J connectivity index is 2.50. The molecule has 0 aromatic carbocycles. The first-order valence-electron chi connectivity index (χ1n) is 6.09. The molecular weight excluding hydrogens is 302 g/mol. The average molecular weight is 319 g/mol. The number of aryl methyl sites for hydroxylation is 2. The van der Waals surface area contributed by atoms with Crippen LogP contribution in [0.15, 0.2) is 4.90 Å². The highest BCUT2D eigenvalue weighted by atomic mass is 32.2.